The zero-order chi connectivity index (χ0) is 19.5. The molecule has 3 aromatic carbocycles. The van der Waals surface area contributed by atoms with Crippen LogP contribution >= 0.6 is 0 Å². The fraction of sp³-hybridized carbons (Fsp3) is 0.167. The van der Waals surface area contributed by atoms with Gasteiger partial charge in [0.05, 0.1) is 12.3 Å². The van der Waals surface area contributed by atoms with Crippen LogP contribution in [0.25, 0.3) is 16.5 Å². The molecule has 0 unspecified atom stereocenters. The predicted molar refractivity (Wildman–Crippen MR) is 115 cm³/mol. The van der Waals surface area contributed by atoms with Gasteiger partial charge in [-0.3, -0.25) is 4.79 Å². The highest BCUT2D eigenvalue weighted by Gasteiger charge is 2.26. The minimum Gasteiger partial charge on any atom is -0.387 e. The van der Waals surface area contributed by atoms with Gasteiger partial charge in [0.1, 0.15) is 0 Å². The molecule has 28 heavy (non-hydrogen) atoms. The number of amides is 1. The fourth-order valence-electron chi connectivity index (χ4n) is 3.87. The zero-order valence-corrected chi connectivity index (χ0v) is 15.9. The van der Waals surface area contributed by atoms with Crippen LogP contribution in [0.4, 0.5) is 0 Å². The Morgan fingerprint density at radius 2 is 1.68 bits per heavy atom. The number of piperidine rings is 1. The molecule has 1 heterocycles. The number of carbonyl (C=O) groups excluding carboxylic acids is 1. The highest BCUT2D eigenvalue weighted by atomic mass is 16.2. The standard InChI is InChI=1S/C24H23N3O/c1-26-23(18-9-3-2-4-10-18)21-14-15-27(16-22(21)25)24(28)20-13-7-11-17-8-5-6-12-19(17)20/h2-13,25-26H,14-16H2,1H3/b23-21-,25-22?. The van der Waals surface area contributed by atoms with Crippen LogP contribution < -0.4 is 5.32 Å². The summed E-state index contributed by atoms with van der Waals surface area (Å²) in [6, 6.07) is 23.8. The molecule has 140 valence electrons. The van der Waals surface area contributed by atoms with Crippen molar-refractivity contribution < 1.29 is 4.79 Å². The van der Waals surface area contributed by atoms with Crippen LogP contribution in [-0.2, 0) is 0 Å². The van der Waals surface area contributed by atoms with E-state index in [4.69, 9.17) is 5.41 Å². The summed E-state index contributed by atoms with van der Waals surface area (Å²) in [5.41, 5.74) is 4.22. The van der Waals surface area contributed by atoms with Gasteiger partial charge < -0.3 is 15.6 Å². The molecular formula is C24H23N3O. The van der Waals surface area contributed by atoms with Gasteiger partial charge in [-0.1, -0.05) is 66.7 Å². The number of nitrogens with zero attached hydrogens (tertiary/aromatic N) is 1. The van der Waals surface area contributed by atoms with Crippen LogP contribution in [0, 0.1) is 5.41 Å². The van der Waals surface area contributed by atoms with E-state index in [1.165, 1.54) is 0 Å². The molecule has 1 amide bonds. The summed E-state index contributed by atoms with van der Waals surface area (Å²) in [6.07, 6.45) is 0.667. The normalized spacial score (nSPS) is 16.2. The highest BCUT2D eigenvalue weighted by molar-refractivity contribution is 6.11. The maximum absolute atomic E-state index is 13.2. The van der Waals surface area contributed by atoms with E-state index in [9.17, 15) is 4.79 Å². The largest absolute Gasteiger partial charge is 0.387 e. The molecule has 3 aromatic rings. The number of likely N-dealkylation sites (tertiary alicyclic amines) is 1. The number of hydrogen-bond acceptors (Lipinski definition) is 3. The third kappa shape index (κ3) is 3.29. The minimum absolute atomic E-state index is 0.00804. The third-order valence-corrected chi connectivity index (χ3v) is 5.27. The predicted octanol–water partition coefficient (Wildman–Crippen LogP) is 4.34. The summed E-state index contributed by atoms with van der Waals surface area (Å²) in [4.78, 5) is 15.0. The first kappa shape index (κ1) is 18.0. The number of hydrogen-bond donors (Lipinski definition) is 2. The lowest BCUT2D eigenvalue weighted by Gasteiger charge is -2.31. The number of fused-ring (bicyclic) bond motifs is 1. The lowest BCUT2D eigenvalue weighted by molar-refractivity contribution is 0.0777. The van der Waals surface area contributed by atoms with Crippen molar-refractivity contribution in [3.05, 3.63) is 89.5 Å². The molecule has 2 N–H and O–H groups in total. The molecule has 0 atom stereocenters. The van der Waals surface area contributed by atoms with Crippen LogP contribution in [0.1, 0.15) is 22.3 Å². The third-order valence-electron chi connectivity index (χ3n) is 5.27. The van der Waals surface area contributed by atoms with Gasteiger partial charge in [0.15, 0.2) is 0 Å². The molecule has 0 aliphatic carbocycles. The van der Waals surface area contributed by atoms with Gasteiger partial charge in [0.25, 0.3) is 5.91 Å². The summed E-state index contributed by atoms with van der Waals surface area (Å²) in [6.45, 7) is 0.938. The Morgan fingerprint density at radius 3 is 2.43 bits per heavy atom. The Kier molecular flexibility index (Phi) is 4.94. The molecule has 0 bridgehead atoms. The van der Waals surface area contributed by atoms with E-state index < -0.39 is 0 Å². The smallest absolute Gasteiger partial charge is 0.254 e. The van der Waals surface area contributed by atoms with Gasteiger partial charge >= 0.3 is 0 Å². The number of rotatable bonds is 3. The van der Waals surface area contributed by atoms with Crippen LogP contribution in [0.5, 0.6) is 0 Å². The molecular weight excluding hydrogens is 346 g/mol. The first-order valence-corrected chi connectivity index (χ1v) is 9.50. The summed E-state index contributed by atoms with van der Waals surface area (Å²) in [7, 11) is 1.89. The molecule has 1 fully saturated rings. The van der Waals surface area contributed by atoms with E-state index in [1.807, 2.05) is 79.8 Å². The fourth-order valence-corrected chi connectivity index (χ4v) is 3.87. The van der Waals surface area contributed by atoms with Gasteiger partial charge in [-0.25, -0.2) is 0 Å². The van der Waals surface area contributed by atoms with E-state index >= 15 is 0 Å². The first-order chi connectivity index (χ1) is 13.7. The maximum Gasteiger partial charge on any atom is 0.254 e. The lowest BCUT2D eigenvalue weighted by Crippen LogP contribution is -2.41. The maximum atomic E-state index is 13.2. The summed E-state index contributed by atoms with van der Waals surface area (Å²) in [5, 5.41) is 13.9. The Hall–Kier alpha value is -3.40. The van der Waals surface area contributed by atoms with Crippen molar-refractivity contribution in [2.45, 2.75) is 6.42 Å². The summed E-state index contributed by atoms with van der Waals surface area (Å²) >= 11 is 0. The molecule has 4 rings (SSSR count). The van der Waals surface area contributed by atoms with Crippen molar-refractivity contribution in [3.63, 3.8) is 0 Å². The van der Waals surface area contributed by atoms with Crippen molar-refractivity contribution in [1.82, 2.24) is 10.2 Å². The van der Waals surface area contributed by atoms with Gasteiger partial charge in [0, 0.05) is 30.4 Å². The second kappa shape index (κ2) is 7.69. The average molecular weight is 369 g/mol. The molecule has 0 saturated carbocycles. The number of nitrogens with one attached hydrogen (secondary N) is 2. The van der Waals surface area contributed by atoms with Crippen LogP contribution in [-0.4, -0.2) is 36.7 Å². The minimum atomic E-state index is -0.00804. The molecule has 4 nitrogen and oxygen atoms in total. The van der Waals surface area contributed by atoms with Crippen molar-refractivity contribution >= 4 is 28.1 Å². The Morgan fingerprint density at radius 1 is 0.964 bits per heavy atom. The monoisotopic (exact) mass is 369 g/mol. The molecule has 1 saturated heterocycles. The number of benzene rings is 3. The molecule has 4 heteroatoms. The SMILES string of the molecule is CN/C(=C1/CCN(C(=O)c2cccc3ccccc23)CC1=N)c1ccccc1. The second-order valence-corrected chi connectivity index (χ2v) is 6.95. The first-order valence-electron chi connectivity index (χ1n) is 9.50. The van der Waals surface area contributed by atoms with E-state index in [0.29, 0.717) is 30.8 Å². The second-order valence-electron chi connectivity index (χ2n) is 6.95. The van der Waals surface area contributed by atoms with Crippen molar-refractivity contribution in [1.29, 1.82) is 5.41 Å². The van der Waals surface area contributed by atoms with E-state index in [-0.39, 0.29) is 5.91 Å². The van der Waals surface area contributed by atoms with E-state index in [1.54, 1.807) is 4.90 Å². The van der Waals surface area contributed by atoms with Gasteiger partial charge in [0.2, 0.25) is 0 Å². The highest BCUT2D eigenvalue weighted by Crippen LogP contribution is 2.25. The van der Waals surface area contributed by atoms with Crippen molar-refractivity contribution in [2.24, 2.45) is 0 Å². The molecule has 1 aliphatic rings. The molecule has 0 radical (unpaired) electrons. The van der Waals surface area contributed by atoms with E-state index in [2.05, 4.69) is 5.32 Å². The quantitative estimate of drug-likeness (QED) is 0.722. The van der Waals surface area contributed by atoms with Crippen molar-refractivity contribution in [2.75, 3.05) is 20.1 Å². The summed E-state index contributed by atoms with van der Waals surface area (Å²) < 4.78 is 0. The van der Waals surface area contributed by atoms with Crippen molar-refractivity contribution in [3.8, 4) is 0 Å². The Bertz CT molecular complexity index is 1060. The van der Waals surface area contributed by atoms with Gasteiger partial charge in [-0.15, -0.1) is 0 Å². The molecule has 1 aliphatic heterocycles. The number of carbonyl (C=O) groups is 1. The average Bonchev–Trinajstić information content (AvgIpc) is 2.75. The van der Waals surface area contributed by atoms with Gasteiger partial charge in [-0.2, -0.15) is 0 Å². The zero-order valence-electron chi connectivity index (χ0n) is 15.9. The van der Waals surface area contributed by atoms with Crippen LogP contribution in [0.3, 0.4) is 0 Å². The topological polar surface area (TPSA) is 56.2 Å². The summed E-state index contributed by atoms with van der Waals surface area (Å²) in [5.74, 6) is -0.00804. The Balaban J connectivity index is 1.61. The molecule has 0 aromatic heterocycles. The van der Waals surface area contributed by atoms with Crippen LogP contribution in [0.2, 0.25) is 0 Å². The van der Waals surface area contributed by atoms with E-state index in [0.717, 1.165) is 27.6 Å². The van der Waals surface area contributed by atoms with Gasteiger partial charge in [-0.05, 0) is 28.8 Å². The lowest BCUT2D eigenvalue weighted by atomic mass is 9.95. The van der Waals surface area contributed by atoms with Crippen LogP contribution in [0.15, 0.2) is 78.4 Å². The molecule has 0 spiro atoms. The Labute approximate surface area is 165 Å².